The number of hydrogen-bond acceptors (Lipinski definition) is 3. The summed E-state index contributed by atoms with van der Waals surface area (Å²) < 4.78 is 0. The molecule has 2 aromatic rings. The van der Waals surface area contributed by atoms with Crippen LogP contribution in [0.15, 0.2) is 42.5 Å². The summed E-state index contributed by atoms with van der Waals surface area (Å²) in [5.41, 5.74) is 7.85. The first-order valence-electron chi connectivity index (χ1n) is 9.00. The number of likely N-dealkylation sites (tertiary alicyclic amines) is 1. The van der Waals surface area contributed by atoms with Gasteiger partial charge in [0.1, 0.15) is 6.04 Å². The van der Waals surface area contributed by atoms with Crippen LogP contribution in [-0.4, -0.2) is 29.9 Å². The van der Waals surface area contributed by atoms with E-state index in [1.165, 1.54) is 16.3 Å². The molecule has 2 atom stereocenters. The number of amides is 1. The Bertz CT molecular complexity index is 731. The molecule has 0 bridgehead atoms. The van der Waals surface area contributed by atoms with E-state index in [1.54, 1.807) is 0 Å². The number of hydrogen-bond donors (Lipinski definition) is 2. The molecule has 24 heavy (non-hydrogen) atoms. The second-order valence-electron chi connectivity index (χ2n) is 7.21. The Labute approximate surface area is 143 Å². The van der Waals surface area contributed by atoms with E-state index < -0.39 is 0 Å². The van der Waals surface area contributed by atoms with Crippen molar-refractivity contribution in [3.8, 4) is 0 Å². The third-order valence-corrected chi connectivity index (χ3v) is 5.50. The first-order chi connectivity index (χ1) is 11.7. The molecule has 0 aromatic heterocycles. The van der Waals surface area contributed by atoms with E-state index in [9.17, 15) is 4.79 Å². The molecule has 0 spiro atoms. The van der Waals surface area contributed by atoms with Crippen LogP contribution in [0.2, 0.25) is 0 Å². The van der Waals surface area contributed by atoms with Crippen molar-refractivity contribution in [1.82, 2.24) is 15.8 Å². The molecule has 0 aliphatic carbocycles. The summed E-state index contributed by atoms with van der Waals surface area (Å²) in [6.07, 6.45) is 3.05. The first kappa shape index (κ1) is 15.6. The maximum atomic E-state index is 12.8. The SMILES string of the molecule is CC1CCN(C(=O)C2CC(c3cccc4ccccc34)NN2)CC1. The largest absolute Gasteiger partial charge is 0.341 e. The zero-order valence-corrected chi connectivity index (χ0v) is 14.2. The fourth-order valence-electron chi connectivity index (χ4n) is 3.93. The van der Waals surface area contributed by atoms with E-state index >= 15 is 0 Å². The Morgan fingerprint density at radius 3 is 2.62 bits per heavy atom. The van der Waals surface area contributed by atoms with E-state index in [1.807, 2.05) is 4.90 Å². The van der Waals surface area contributed by atoms with E-state index in [4.69, 9.17) is 0 Å². The number of benzene rings is 2. The predicted octanol–water partition coefficient (Wildman–Crippen LogP) is 3.01. The summed E-state index contributed by atoms with van der Waals surface area (Å²) in [4.78, 5) is 14.8. The minimum atomic E-state index is -0.123. The van der Waals surface area contributed by atoms with E-state index in [0.717, 1.165) is 38.3 Å². The number of carbonyl (C=O) groups excluding carboxylic acids is 1. The number of carbonyl (C=O) groups is 1. The molecule has 2 aliphatic heterocycles. The molecular weight excluding hydrogens is 298 g/mol. The molecule has 0 radical (unpaired) electrons. The molecule has 2 N–H and O–H groups in total. The van der Waals surface area contributed by atoms with Gasteiger partial charge in [0.25, 0.3) is 0 Å². The Morgan fingerprint density at radius 2 is 1.79 bits per heavy atom. The number of nitrogens with zero attached hydrogens (tertiary/aromatic N) is 1. The Hall–Kier alpha value is -1.91. The van der Waals surface area contributed by atoms with Gasteiger partial charge in [0.15, 0.2) is 0 Å². The van der Waals surface area contributed by atoms with Crippen molar-refractivity contribution in [3.05, 3.63) is 48.0 Å². The van der Waals surface area contributed by atoms with Crippen LogP contribution < -0.4 is 10.9 Å². The molecule has 1 amide bonds. The van der Waals surface area contributed by atoms with Crippen LogP contribution >= 0.6 is 0 Å². The fraction of sp³-hybridized carbons (Fsp3) is 0.450. The quantitative estimate of drug-likeness (QED) is 0.893. The molecule has 4 nitrogen and oxygen atoms in total. The van der Waals surface area contributed by atoms with Crippen molar-refractivity contribution < 1.29 is 4.79 Å². The van der Waals surface area contributed by atoms with Crippen LogP contribution in [-0.2, 0) is 4.79 Å². The van der Waals surface area contributed by atoms with Crippen LogP contribution in [0.1, 0.15) is 37.8 Å². The van der Waals surface area contributed by atoms with Gasteiger partial charge in [-0.1, -0.05) is 49.4 Å². The summed E-state index contributed by atoms with van der Waals surface area (Å²) in [6.45, 7) is 4.07. The number of hydrazine groups is 1. The standard InChI is InChI=1S/C20H25N3O/c1-14-9-11-23(12-10-14)20(24)19-13-18(21-22-19)17-8-4-6-15-5-2-3-7-16(15)17/h2-8,14,18-19,21-22H,9-13H2,1H3. The molecule has 2 unspecified atom stereocenters. The number of nitrogens with one attached hydrogen (secondary N) is 2. The van der Waals surface area contributed by atoms with E-state index in [0.29, 0.717) is 0 Å². The molecule has 2 saturated heterocycles. The molecule has 4 heteroatoms. The van der Waals surface area contributed by atoms with Gasteiger partial charge >= 0.3 is 0 Å². The van der Waals surface area contributed by atoms with Crippen LogP contribution in [0.25, 0.3) is 10.8 Å². The maximum Gasteiger partial charge on any atom is 0.241 e. The lowest BCUT2D eigenvalue weighted by Gasteiger charge is -2.32. The normalized spacial score (nSPS) is 25.3. The van der Waals surface area contributed by atoms with Crippen LogP contribution in [0.5, 0.6) is 0 Å². The molecule has 0 saturated carbocycles. The summed E-state index contributed by atoms with van der Waals surface area (Å²) >= 11 is 0. The number of fused-ring (bicyclic) bond motifs is 1. The minimum Gasteiger partial charge on any atom is -0.341 e. The Balaban J connectivity index is 1.49. The van der Waals surface area contributed by atoms with Crippen molar-refractivity contribution in [3.63, 3.8) is 0 Å². The van der Waals surface area contributed by atoms with Gasteiger partial charge in [-0.15, -0.1) is 0 Å². The third kappa shape index (κ3) is 2.92. The van der Waals surface area contributed by atoms with Crippen molar-refractivity contribution in [2.45, 2.75) is 38.3 Å². The summed E-state index contributed by atoms with van der Waals surface area (Å²) in [5.74, 6) is 0.990. The molecule has 2 heterocycles. The summed E-state index contributed by atoms with van der Waals surface area (Å²) in [7, 11) is 0. The van der Waals surface area contributed by atoms with Crippen LogP contribution in [0.4, 0.5) is 0 Å². The van der Waals surface area contributed by atoms with Gasteiger partial charge in [0, 0.05) is 19.1 Å². The molecular formula is C20H25N3O. The highest BCUT2D eigenvalue weighted by Crippen LogP contribution is 2.30. The lowest BCUT2D eigenvalue weighted by atomic mass is 9.95. The van der Waals surface area contributed by atoms with Crippen molar-refractivity contribution in [2.75, 3.05) is 13.1 Å². The highest BCUT2D eigenvalue weighted by atomic mass is 16.2. The fourth-order valence-corrected chi connectivity index (χ4v) is 3.93. The average Bonchev–Trinajstić information content (AvgIpc) is 3.11. The van der Waals surface area contributed by atoms with Gasteiger partial charge in [0.05, 0.1) is 0 Å². The van der Waals surface area contributed by atoms with Gasteiger partial charge in [0.2, 0.25) is 5.91 Å². The van der Waals surface area contributed by atoms with Gasteiger partial charge in [-0.2, -0.15) is 0 Å². The number of rotatable bonds is 2. The average molecular weight is 323 g/mol. The second-order valence-corrected chi connectivity index (χ2v) is 7.21. The zero-order valence-electron chi connectivity index (χ0n) is 14.2. The molecule has 2 aromatic carbocycles. The summed E-state index contributed by atoms with van der Waals surface area (Å²) in [6, 6.07) is 14.9. The molecule has 2 fully saturated rings. The molecule has 126 valence electrons. The first-order valence-corrected chi connectivity index (χ1v) is 9.00. The van der Waals surface area contributed by atoms with Gasteiger partial charge in [-0.05, 0) is 41.5 Å². The summed E-state index contributed by atoms with van der Waals surface area (Å²) in [5, 5.41) is 2.51. The zero-order chi connectivity index (χ0) is 16.5. The highest BCUT2D eigenvalue weighted by molar-refractivity contribution is 5.87. The third-order valence-electron chi connectivity index (χ3n) is 5.50. The molecule has 4 rings (SSSR count). The van der Waals surface area contributed by atoms with E-state index in [-0.39, 0.29) is 18.0 Å². The minimum absolute atomic E-state index is 0.123. The van der Waals surface area contributed by atoms with Gasteiger partial charge in [-0.3, -0.25) is 4.79 Å². The lowest BCUT2D eigenvalue weighted by Crippen LogP contribution is -2.48. The molecule has 2 aliphatic rings. The lowest BCUT2D eigenvalue weighted by molar-refractivity contribution is -0.134. The monoisotopic (exact) mass is 323 g/mol. The topological polar surface area (TPSA) is 44.4 Å². The Kier molecular flexibility index (Phi) is 4.25. The van der Waals surface area contributed by atoms with Gasteiger partial charge < -0.3 is 4.90 Å². The van der Waals surface area contributed by atoms with Crippen molar-refractivity contribution >= 4 is 16.7 Å². The maximum absolute atomic E-state index is 12.8. The van der Waals surface area contributed by atoms with Gasteiger partial charge in [-0.25, -0.2) is 10.9 Å². The number of piperidine rings is 1. The van der Waals surface area contributed by atoms with Crippen molar-refractivity contribution in [1.29, 1.82) is 0 Å². The van der Waals surface area contributed by atoms with E-state index in [2.05, 4.69) is 60.2 Å². The Morgan fingerprint density at radius 1 is 1.04 bits per heavy atom. The van der Waals surface area contributed by atoms with Crippen LogP contribution in [0, 0.1) is 5.92 Å². The smallest absolute Gasteiger partial charge is 0.241 e. The van der Waals surface area contributed by atoms with Crippen LogP contribution in [0.3, 0.4) is 0 Å². The predicted molar refractivity (Wildman–Crippen MR) is 96.3 cm³/mol. The van der Waals surface area contributed by atoms with Crippen molar-refractivity contribution in [2.24, 2.45) is 5.92 Å². The second kappa shape index (κ2) is 6.54. The highest BCUT2D eigenvalue weighted by Gasteiger charge is 2.34.